The number of ether oxygens (including phenoxy) is 6. The molecule has 9 fully saturated rings. The van der Waals surface area contributed by atoms with Gasteiger partial charge in [0.05, 0.1) is 31.0 Å². The number of rotatable bonds is 7. The lowest BCUT2D eigenvalue weighted by Crippen LogP contribution is -2.45. The van der Waals surface area contributed by atoms with Crippen molar-refractivity contribution in [2.24, 2.45) is 0 Å². The highest BCUT2D eigenvalue weighted by Gasteiger charge is 2.37. The number of nitrogens with zero attached hydrogens (tertiary/aromatic N) is 7. The number of aliphatic hydroxyl groups is 1. The first-order chi connectivity index (χ1) is 36.9. The van der Waals surface area contributed by atoms with Gasteiger partial charge in [-0.25, -0.2) is 14.4 Å². The van der Waals surface area contributed by atoms with Gasteiger partial charge < -0.3 is 58.9 Å². The summed E-state index contributed by atoms with van der Waals surface area (Å²) >= 11 is 0. The molecule has 0 aromatic rings. The third kappa shape index (κ3) is 23.5. The first kappa shape index (κ1) is 65.9. The average molecular weight is 1110 g/mol. The average Bonchev–Trinajstić information content (AvgIpc) is 4.28. The Labute approximate surface area is 470 Å². The molecule has 9 aliphatic heterocycles. The quantitative estimate of drug-likeness (QED) is 0.264. The summed E-state index contributed by atoms with van der Waals surface area (Å²) in [4.78, 5) is 61.5. The number of carbonyl (C=O) groups excluding carboxylic acids is 4. The van der Waals surface area contributed by atoms with E-state index in [2.05, 4.69) is 30.2 Å². The highest BCUT2D eigenvalue weighted by atomic mass is 16.6. The van der Waals surface area contributed by atoms with Crippen molar-refractivity contribution in [2.45, 2.75) is 211 Å². The van der Waals surface area contributed by atoms with Crippen molar-refractivity contribution in [1.82, 2.24) is 44.9 Å². The summed E-state index contributed by atoms with van der Waals surface area (Å²) < 4.78 is 32.1. The second kappa shape index (κ2) is 32.1. The third-order valence-electron chi connectivity index (χ3n) is 16.4. The minimum absolute atomic E-state index is 0.103. The Kier molecular flexibility index (Phi) is 27.1. The van der Waals surface area contributed by atoms with Crippen LogP contribution in [0.25, 0.3) is 0 Å². The zero-order valence-corrected chi connectivity index (χ0v) is 50.7. The van der Waals surface area contributed by atoms with Crippen LogP contribution in [-0.2, 0) is 33.2 Å². The number of piperidine rings is 4. The SMILES string of the molecule is CC(C)(C)OC(=O)N1CCC(=O)C1.CC(C)(C)OC(=O)N1CCC(N2CCC(O)CC2)C1.COC1CCN(C2CCN(C(=O)OC(C)(C)C)C2)CC1.COC1CCN(C2CCNC2)CC1.COC1CCN(C2CCNC2)CC1. The monoisotopic (exact) mass is 1110 g/mol. The Bertz CT molecular complexity index is 1720. The second-order valence-electron chi connectivity index (χ2n) is 25.9. The van der Waals surface area contributed by atoms with Gasteiger partial charge in [-0.2, -0.15) is 0 Å². The van der Waals surface area contributed by atoms with Gasteiger partial charge in [0.25, 0.3) is 0 Å². The van der Waals surface area contributed by atoms with E-state index in [4.69, 9.17) is 28.4 Å². The summed E-state index contributed by atoms with van der Waals surface area (Å²) in [5, 5.41) is 16.4. The van der Waals surface area contributed by atoms with Crippen LogP contribution in [0.15, 0.2) is 0 Å². The van der Waals surface area contributed by atoms with Crippen LogP contribution in [-0.4, -0.2) is 268 Å². The van der Waals surface area contributed by atoms with Crippen LogP contribution in [0.1, 0.15) is 146 Å². The number of Topliss-reactive ketones (excluding diaryl/α,β-unsaturated/α-hetero) is 1. The van der Waals surface area contributed by atoms with E-state index in [0.717, 1.165) is 103 Å². The van der Waals surface area contributed by atoms with Crippen LogP contribution < -0.4 is 10.6 Å². The van der Waals surface area contributed by atoms with Crippen LogP contribution >= 0.6 is 0 Å². The Morgan fingerprint density at radius 3 is 1.04 bits per heavy atom. The lowest BCUT2D eigenvalue weighted by molar-refractivity contribution is -0.117. The molecule has 9 saturated heterocycles. The highest BCUT2D eigenvalue weighted by Crippen LogP contribution is 2.25. The number of aliphatic hydroxyl groups excluding tert-OH is 1. The van der Waals surface area contributed by atoms with Gasteiger partial charge in [-0.3, -0.25) is 24.4 Å². The first-order valence-corrected chi connectivity index (χ1v) is 30.0. The molecule has 4 atom stereocenters. The van der Waals surface area contributed by atoms with Gasteiger partial charge in [0.2, 0.25) is 0 Å². The summed E-state index contributed by atoms with van der Waals surface area (Å²) in [6.07, 6.45) is 14.5. The van der Waals surface area contributed by atoms with Gasteiger partial charge in [0.15, 0.2) is 5.78 Å². The molecule has 3 N–H and O–H groups in total. The normalized spacial score (nSPS) is 27.0. The van der Waals surface area contributed by atoms with E-state index in [1.807, 2.05) is 81.4 Å². The smallest absolute Gasteiger partial charge is 0.410 e. The molecule has 9 heterocycles. The molecule has 20 nitrogen and oxygen atoms in total. The van der Waals surface area contributed by atoms with Crippen LogP contribution in [0.2, 0.25) is 0 Å². The Balaban J connectivity index is 0.000000182. The second-order valence-corrected chi connectivity index (χ2v) is 25.9. The van der Waals surface area contributed by atoms with Crippen molar-refractivity contribution in [2.75, 3.05) is 139 Å². The van der Waals surface area contributed by atoms with Gasteiger partial charge >= 0.3 is 18.3 Å². The topological polar surface area (TPSA) is 191 Å². The minimum atomic E-state index is -0.483. The third-order valence-corrected chi connectivity index (χ3v) is 16.4. The van der Waals surface area contributed by atoms with Gasteiger partial charge in [-0.05, 0) is 152 Å². The largest absolute Gasteiger partial charge is 0.444 e. The molecule has 0 radical (unpaired) electrons. The number of ketones is 1. The van der Waals surface area contributed by atoms with Crippen LogP contribution in [0, 0.1) is 0 Å². The molecule has 20 heteroatoms. The summed E-state index contributed by atoms with van der Waals surface area (Å²) in [7, 11) is 5.45. The van der Waals surface area contributed by atoms with Crippen LogP contribution in [0.4, 0.5) is 14.4 Å². The van der Waals surface area contributed by atoms with Crippen molar-refractivity contribution in [3.05, 3.63) is 0 Å². The fraction of sp³-hybridized carbons (Fsp3) is 0.931. The zero-order valence-electron chi connectivity index (χ0n) is 50.7. The fourth-order valence-electron chi connectivity index (χ4n) is 11.8. The van der Waals surface area contributed by atoms with E-state index in [1.165, 1.54) is 95.8 Å². The molecule has 78 heavy (non-hydrogen) atoms. The maximum Gasteiger partial charge on any atom is 0.410 e. The van der Waals surface area contributed by atoms with Gasteiger partial charge in [-0.1, -0.05) is 0 Å². The Morgan fingerprint density at radius 1 is 0.436 bits per heavy atom. The van der Waals surface area contributed by atoms with Crippen LogP contribution in [0.5, 0.6) is 0 Å². The molecule has 0 bridgehead atoms. The van der Waals surface area contributed by atoms with Crippen molar-refractivity contribution in [3.63, 3.8) is 0 Å². The van der Waals surface area contributed by atoms with E-state index in [0.29, 0.717) is 43.4 Å². The van der Waals surface area contributed by atoms with Crippen molar-refractivity contribution < 1.29 is 52.7 Å². The highest BCUT2D eigenvalue weighted by molar-refractivity contribution is 5.87. The van der Waals surface area contributed by atoms with E-state index in [9.17, 15) is 24.3 Å². The van der Waals surface area contributed by atoms with Crippen molar-refractivity contribution in [1.29, 1.82) is 0 Å². The number of amides is 3. The predicted octanol–water partition coefficient (Wildman–Crippen LogP) is 5.67. The molecule has 0 spiro atoms. The van der Waals surface area contributed by atoms with E-state index in [-0.39, 0.29) is 30.6 Å². The lowest BCUT2D eigenvalue weighted by Gasteiger charge is -2.35. The summed E-state index contributed by atoms with van der Waals surface area (Å²) in [5.41, 5.74) is -1.32. The van der Waals surface area contributed by atoms with Crippen molar-refractivity contribution >= 4 is 24.1 Å². The fourth-order valence-corrected chi connectivity index (χ4v) is 11.8. The van der Waals surface area contributed by atoms with Crippen molar-refractivity contribution in [3.8, 4) is 0 Å². The molecular weight excluding hydrogens is 999 g/mol. The molecule has 0 aromatic heterocycles. The number of likely N-dealkylation sites (tertiary alicyclic amines) is 7. The maximum absolute atomic E-state index is 12.1. The first-order valence-electron chi connectivity index (χ1n) is 30.0. The van der Waals surface area contributed by atoms with E-state index < -0.39 is 22.9 Å². The standard InChI is InChI=1S/C15H28N2O3.C14H26N2O3.2C10H20N2O.C9H15NO3/c1-15(2,3)20-14(18)17-8-5-12(11-17)16-9-6-13(19-4)7-10-16;1-14(2,3)19-13(18)16-7-4-11(10-16)15-8-5-12(17)6-9-15;2*1-13-10-3-6-12(7-4-10)9-2-5-11-8-9;1-9(2,3)13-8(12)10-5-4-7(11)6-10/h12-13H,5-11H2,1-4H3;11-12,17H,4-10H2,1-3H3;2*9-11H,2-8H2,1H3;4-6H2,1-3H3. The minimum Gasteiger partial charge on any atom is -0.444 e. The Hall–Kier alpha value is -2.92. The van der Waals surface area contributed by atoms with Gasteiger partial charge in [-0.15, -0.1) is 0 Å². The summed E-state index contributed by atoms with van der Waals surface area (Å²) in [6.45, 7) is 34.4. The molecular formula is C58H109N9O11. The zero-order chi connectivity index (χ0) is 57.0. The maximum atomic E-state index is 12.1. The van der Waals surface area contributed by atoms with E-state index in [1.54, 1.807) is 12.0 Å². The summed E-state index contributed by atoms with van der Waals surface area (Å²) in [5.74, 6) is 0.103. The number of hydrogen-bond acceptors (Lipinski definition) is 17. The molecule has 452 valence electrons. The number of hydrogen-bond donors (Lipinski definition) is 3. The van der Waals surface area contributed by atoms with Crippen LogP contribution in [0.3, 0.4) is 0 Å². The molecule has 0 aliphatic carbocycles. The van der Waals surface area contributed by atoms with Gasteiger partial charge in [0.1, 0.15) is 16.8 Å². The molecule has 4 unspecified atom stereocenters. The molecule has 0 saturated carbocycles. The molecule has 9 rings (SSSR count). The summed E-state index contributed by atoms with van der Waals surface area (Å²) in [6, 6.07) is 2.52. The predicted molar refractivity (Wildman–Crippen MR) is 304 cm³/mol. The van der Waals surface area contributed by atoms with E-state index >= 15 is 0 Å². The lowest BCUT2D eigenvalue weighted by atomic mass is 10.1. The number of carbonyl (C=O) groups is 4. The van der Waals surface area contributed by atoms with Gasteiger partial charge in [0, 0.05) is 150 Å². The number of nitrogens with one attached hydrogen (secondary N) is 2. The Morgan fingerprint density at radius 2 is 0.756 bits per heavy atom. The molecule has 9 aliphatic rings. The number of methoxy groups -OCH3 is 3. The molecule has 3 amide bonds. The molecule has 0 aromatic carbocycles.